The first-order valence-electron chi connectivity index (χ1n) is 8.75. The van der Waals surface area contributed by atoms with Crippen LogP contribution in [0.1, 0.15) is 77.6 Å². The van der Waals surface area contributed by atoms with E-state index in [-0.39, 0.29) is 12.4 Å². The van der Waals surface area contributed by atoms with Crippen LogP contribution < -0.4 is 0 Å². The van der Waals surface area contributed by atoms with Crippen molar-refractivity contribution in [1.29, 1.82) is 0 Å². The van der Waals surface area contributed by atoms with Crippen molar-refractivity contribution in [2.75, 3.05) is 7.11 Å². The standard InChI is InChI=1S/C19H34O3/c1-3-4-5-6-7-8-9-10-11-12-13-14-15-16-18(20)17-19(21)22-2/h7-8,10-11,18,20H,3-6,9,12-17H2,1-2H3/b8-7-,11-10-. The molecule has 0 saturated carbocycles. The van der Waals surface area contributed by atoms with Crippen LogP contribution in [0.25, 0.3) is 0 Å². The van der Waals surface area contributed by atoms with Gasteiger partial charge in [0.15, 0.2) is 0 Å². The quantitative estimate of drug-likeness (QED) is 0.281. The van der Waals surface area contributed by atoms with Gasteiger partial charge in [-0.2, -0.15) is 0 Å². The van der Waals surface area contributed by atoms with Gasteiger partial charge in [0.1, 0.15) is 0 Å². The maximum absolute atomic E-state index is 11.0. The van der Waals surface area contributed by atoms with Gasteiger partial charge in [0, 0.05) is 0 Å². The van der Waals surface area contributed by atoms with E-state index in [0.29, 0.717) is 6.42 Å². The van der Waals surface area contributed by atoms with Gasteiger partial charge in [-0.3, -0.25) is 4.79 Å². The Morgan fingerprint density at radius 1 is 1.00 bits per heavy atom. The highest BCUT2D eigenvalue weighted by molar-refractivity contribution is 5.69. The van der Waals surface area contributed by atoms with Crippen LogP contribution in [-0.4, -0.2) is 24.3 Å². The van der Waals surface area contributed by atoms with Crippen LogP contribution in [0.3, 0.4) is 0 Å². The number of carbonyl (C=O) groups is 1. The third kappa shape index (κ3) is 15.3. The topological polar surface area (TPSA) is 46.5 Å². The molecule has 0 aromatic rings. The largest absolute Gasteiger partial charge is 0.469 e. The van der Waals surface area contributed by atoms with Gasteiger partial charge in [0.2, 0.25) is 0 Å². The maximum atomic E-state index is 11.0. The number of hydrogen-bond acceptors (Lipinski definition) is 3. The van der Waals surface area contributed by atoms with E-state index in [9.17, 15) is 9.90 Å². The molecule has 0 spiro atoms. The maximum Gasteiger partial charge on any atom is 0.308 e. The van der Waals surface area contributed by atoms with E-state index in [1.807, 2.05) is 0 Å². The molecular formula is C19H34O3. The summed E-state index contributed by atoms with van der Waals surface area (Å²) in [6.45, 7) is 2.23. The SMILES string of the molecule is CCCCC/C=C\C/C=C\CCCCCC(O)CC(=O)OC. The number of aliphatic hydroxyl groups excluding tert-OH is 1. The average molecular weight is 310 g/mol. The van der Waals surface area contributed by atoms with Crippen molar-refractivity contribution in [2.45, 2.75) is 83.7 Å². The number of rotatable bonds is 14. The summed E-state index contributed by atoms with van der Waals surface area (Å²) in [6, 6.07) is 0. The molecule has 1 unspecified atom stereocenters. The molecule has 0 radical (unpaired) electrons. The Morgan fingerprint density at radius 2 is 1.64 bits per heavy atom. The Bertz CT molecular complexity index is 308. The van der Waals surface area contributed by atoms with Crippen LogP contribution in [0.15, 0.2) is 24.3 Å². The molecule has 0 saturated heterocycles. The molecule has 0 aromatic carbocycles. The number of ether oxygens (including phenoxy) is 1. The number of carbonyl (C=O) groups excluding carboxylic acids is 1. The highest BCUT2D eigenvalue weighted by Crippen LogP contribution is 2.09. The first-order valence-corrected chi connectivity index (χ1v) is 8.75. The molecular weight excluding hydrogens is 276 g/mol. The second kappa shape index (κ2) is 16.3. The number of methoxy groups -OCH3 is 1. The van der Waals surface area contributed by atoms with Crippen molar-refractivity contribution in [1.82, 2.24) is 0 Å². The van der Waals surface area contributed by atoms with E-state index in [0.717, 1.165) is 32.1 Å². The zero-order chi connectivity index (χ0) is 16.5. The van der Waals surface area contributed by atoms with Gasteiger partial charge in [-0.15, -0.1) is 0 Å². The van der Waals surface area contributed by atoms with Crippen LogP contribution >= 0.6 is 0 Å². The van der Waals surface area contributed by atoms with Crippen molar-refractivity contribution in [3.8, 4) is 0 Å². The Balaban J connectivity index is 3.35. The number of esters is 1. The number of unbranched alkanes of at least 4 members (excludes halogenated alkanes) is 6. The Labute approximate surface area is 136 Å². The second-order valence-corrected chi connectivity index (χ2v) is 5.75. The van der Waals surface area contributed by atoms with Gasteiger partial charge in [-0.1, -0.05) is 56.9 Å². The van der Waals surface area contributed by atoms with Crippen LogP contribution in [0.5, 0.6) is 0 Å². The second-order valence-electron chi connectivity index (χ2n) is 5.75. The zero-order valence-electron chi connectivity index (χ0n) is 14.4. The molecule has 0 aliphatic rings. The lowest BCUT2D eigenvalue weighted by Gasteiger charge is -2.08. The van der Waals surface area contributed by atoms with Crippen molar-refractivity contribution in [3.05, 3.63) is 24.3 Å². The van der Waals surface area contributed by atoms with E-state index in [1.54, 1.807) is 0 Å². The van der Waals surface area contributed by atoms with Crippen LogP contribution in [-0.2, 0) is 9.53 Å². The number of aliphatic hydroxyl groups is 1. The lowest BCUT2D eigenvalue weighted by atomic mass is 10.1. The fraction of sp³-hybridized carbons (Fsp3) is 0.737. The van der Waals surface area contributed by atoms with E-state index in [1.165, 1.54) is 32.8 Å². The van der Waals surface area contributed by atoms with Crippen LogP contribution in [0, 0.1) is 0 Å². The third-order valence-corrected chi connectivity index (χ3v) is 3.62. The molecule has 3 nitrogen and oxygen atoms in total. The summed E-state index contributed by atoms with van der Waals surface area (Å²) in [4.78, 5) is 11.0. The minimum Gasteiger partial charge on any atom is -0.469 e. The average Bonchev–Trinajstić information content (AvgIpc) is 2.51. The molecule has 0 rings (SSSR count). The summed E-state index contributed by atoms with van der Waals surface area (Å²) < 4.78 is 4.53. The van der Waals surface area contributed by atoms with Crippen molar-refractivity contribution < 1.29 is 14.6 Å². The predicted octanol–water partition coefficient (Wildman–Crippen LogP) is 4.94. The fourth-order valence-corrected chi connectivity index (χ4v) is 2.22. The van der Waals surface area contributed by atoms with E-state index in [2.05, 4.69) is 36.0 Å². The third-order valence-electron chi connectivity index (χ3n) is 3.62. The molecule has 3 heteroatoms. The van der Waals surface area contributed by atoms with Gasteiger partial charge in [0.25, 0.3) is 0 Å². The normalized spacial score (nSPS) is 13.0. The summed E-state index contributed by atoms with van der Waals surface area (Å²) in [5.74, 6) is -0.335. The summed E-state index contributed by atoms with van der Waals surface area (Å²) in [7, 11) is 1.35. The molecule has 22 heavy (non-hydrogen) atoms. The van der Waals surface area contributed by atoms with Crippen LogP contribution in [0.4, 0.5) is 0 Å². The summed E-state index contributed by atoms with van der Waals surface area (Å²) in [6.07, 6.45) is 19.7. The Morgan fingerprint density at radius 3 is 2.23 bits per heavy atom. The molecule has 1 N–H and O–H groups in total. The van der Waals surface area contributed by atoms with Gasteiger partial charge < -0.3 is 9.84 Å². The molecule has 128 valence electrons. The highest BCUT2D eigenvalue weighted by atomic mass is 16.5. The first kappa shape index (κ1) is 20.9. The van der Waals surface area contributed by atoms with Crippen molar-refractivity contribution in [3.63, 3.8) is 0 Å². The van der Waals surface area contributed by atoms with Crippen molar-refractivity contribution in [2.24, 2.45) is 0 Å². The molecule has 0 amide bonds. The summed E-state index contributed by atoms with van der Waals surface area (Å²) >= 11 is 0. The smallest absolute Gasteiger partial charge is 0.308 e. The number of allylic oxidation sites excluding steroid dienone is 4. The lowest BCUT2D eigenvalue weighted by molar-refractivity contribution is -0.142. The van der Waals surface area contributed by atoms with Crippen molar-refractivity contribution >= 4 is 5.97 Å². The fourth-order valence-electron chi connectivity index (χ4n) is 2.22. The van der Waals surface area contributed by atoms with Crippen LogP contribution in [0.2, 0.25) is 0 Å². The van der Waals surface area contributed by atoms with Gasteiger partial charge in [-0.25, -0.2) is 0 Å². The minimum absolute atomic E-state index is 0.112. The molecule has 0 bridgehead atoms. The van der Waals surface area contributed by atoms with E-state index in [4.69, 9.17) is 0 Å². The summed E-state index contributed by atoms with van der Waals surface area (Å²) in [5.41, 5.74) is 0. The lowest BCUT2D eigenvalue weighted by Crippen LogP contribution is -2.14. The molecule has 0 aromatic heterocycles. The molecule has 0 aliphatic carbocycles. The van der Waals surface area contributed by atoms with Gasteiger partial charge in [0.05, 0.1) is 19.6 Å². The van der Waals surface area contributed by atoms with Gasteiger partial charge in [-0.05, 0) is 38.5 Å². The predicted molar refractivity (Wildman–Crippen MR) is 92.8 cm³/mol. The van der Waals surface area contributed by atoms with E-state index >= 15 is 0 Å². The molecule has 1 atom stereocenters. The monoisotopic (exact) mass is 310 g/mol. The number of hydrogen-bond donors (Lipinski definition) is 1. The Hall–Kier alpha value is -1.09. The van der Waals surface area contributed by atoms with Gasteiger partial charge >= 0.3 is 5.97 Å². The molecule has 0 aliphatic heterocycles. The Kier molecular flexibility index (Phi) is 15.5. The summed E-state index contributed by atoms with van der Waals surface area (Å²) in [5, 5.41) is 9.61. The molecule has 0 heterocycles. The minimum atomic E-state index is -0.555. The first-order chi connectivity index (χ1) is 10.7. The molecule has 0 fully saturated rings. The van der Waals surface area contributed by atoms with E-state index < -0.39 is 6.10 Å². The zero-order valence-corrected chi connectivity index (χ0v) is 14.4. The highest BCUT2D eigenvalue weighted by Gasteiger charge is 2.09.